The van der Waals surface area contributed by atoms with Crippen molar-refractivity contribution in [3.05, 3.63) is 170 Å². The maximum Gasteiger partial charge on any atom is 0.164 e. The number of allylic oxidation sites excluding steroid dienone is 6. The topological polar surface area (TPSA) is 64.5 Å². The highest BCUT2D eigenvalue weighted by Crippen LogP contribution is 2.39. The molecule has 0 N–H and O–H groups in total. The summed E-state index contributed by atoms with van der Waals surface area (Å²) in [7, 11) is 0. The molecule has 9 rings (SSSR count). The number of hydrogen-bond acceptors (Lipinski definition) is 6. The van der Waals surface area contributed by atoms with Crippen molar-refractivity contribution in [2.24, 2.45) is 0 Å². The molecule has 0 saturated heterocycles. The number of hydrogen-bond donors (Lipinski definition) is 0. The second-order valence-corrected chi connectivity index (χ2v) is 13.1. The molecule has 3 heterocycles. The van der Waals surface area contributed by atoms with Crippen molar-refractivity contribution in [1.82, 2.24) is 24.9 Å². The Morgan fingerprint density at radius 2 is 1.00 bits per heavy atom. The lowest BCUT2D eigenvalue weighted by molar-refractivity contribution is 1.07. The molecule has 3 aromatic heterocycles. The summed E-state index contributed by atoms with van der Waals surface area (Å²) in [4.78, 5) is 25.2. The van der Waals surface area contributed by atoms with Gasteiger partial charge in [-0.2, -0.15) is 0 Å². The number of benzene rings is 5. The summed E-state index contributed by atoms with van der Waals surface area (Å²) >= 11 is 1.75. The Morgan fingerprint density at radius 3 is 1.66 bits per heavy atom. The summed E-state index contributed by atoms with van der Waals surface area (Å²) < 4.78 is 2.31. The zero-order chi connectivity index (χ0) is 33.3. The van der Waals surface area contributed by atoms with Gasteiger partial charge in [0.2, 0.25) is 0 Å². The van der Waals surface area contributed by atoms with Crippen LogP contribution in [-0.2, 0) is 0 Å². The van der Waals surface area contributed by atoms with Gasteiger partial charge < -0.3 is 0 Å². The van der Waals surface area contributed by atoms with E-state index in [-0.39, 0.29) is 0 Å². The molecular formula is C44H29N5S. The van der Waals surface area contributed by atoms with Gasteiger partial charge in [-0.25, -0.2) is 24.9 Å². The molecule has 0 amide bonds. The molecule has 0 radical (unpaired) electrons. The average molecular weight is 660 g/mol. The van der Waals surface area contributed by atoms with Crippen LogP contribution in [0.3, 0.4) is 0 Å². The van der Waals surface area contributed by atoms with Gasteiger partial charge in [0.25, 0.3) is 0 Å². The first-order valence-corrected chi connectivity index (χ1v) is 17.4. The zero-order valence-corrected chi connectivity index (χ0v) is 27.8. The minimum atomic E-state index is 0.622. The Kier molecular flexibility index (Phi) is 7.68. The first kappa shape index (κ1) is 29.7. The highest BCUT2D eigenvalue weighted by Gasteiger charge is 2.18. The maximum atomic E-state index is 5.23. The summed E-state index contributed by atoms with van der Waals surface area (Å²) in [6, 6.07) is 45.4. The van der Waals surface area contributed by atoms with E-state index in [1.807, 2.05) is 60.7 Å². The number of aromatic nitrogens is 5. The zero-order valence-electron chi connectivity index (χ0n) is 26.9. The minimum absolute atomic E-state index is 0.622. The van der Waals surface area contributed by atoms with Crippen LogP contribution in [-0.4, -0.2) is 24.9 Å². The van der Waals surface area contributed by atoms with Gasteiger partial charge in [0.05, 0.1) is 15.9 Å². The standard InChI is InChI=1S/C44H29N5S/c1-2-6-16-29(15-5-1)38-40-39(36-25-11-12-26-37(36)50-40)46-43(45-38)34-23-13-21-32(27-34)33-22-14-24-35(28-33)44-48-41(30-17-7-3-8-18-30)47-42(49-44)31-19-9-4-10-20-31/h1,3-28H,2H2. The van der Waals surface area contributed by atoms with E-state index in [1.54, 1.807) is 11.3 Å². The first-order chi connectivity index (χ1) is 24.8. The summed E-state index contributed by atoms with van der Waals surface area (Å²) in [6.45, 7) is 0. The van der Waals surface area contributed by atoms with E-state index in [1.165, 1.54) is 4.70 Å². The normalized spacial score (nSPS) is 12.7. The maximum absolute atomic E-state index is 5.23. The first-order valence-electron chi connectivity index (χ1n) is 16.6. The van der Waals surface area contributed by atoms with E-state index >= 15 is 0 Å². The van der Waals surface area contributed by atoms with Gasteiger partial charge in [0, 0.05) is 37.9 Å². The number of fused-ring (bicyclic) bond motifs is 3. The van der Waals surface area contributed by atoms with Gasteiger partial charge in [0.15, 0.2) is 23.3 Å². The molecule has 0 atom stereocenters. The third kappa shape index (κ3) is 5.72. The van der Waals surface area contributed by atoms with Gasteiger partial charge in [-0.1, -0.05) is 146 Å². The highest BCUT2D eigenvalue weighted by atomic mass is 32.1. The van der Waals surface area contributed by atoms with E-state index in [0.29, 0.717) is 23.3 Å². The van der Waals surface area contributed by atoms with Crippen LogP contribution in [0.4, 0.5) is 0 Å². The SMILES string of the molecule is C1=CCC=CC(c2nc(-c3cccc(-c4cccc(-c5nc(-c6ccccc6)nc(-c6ccccc6)n5)c4)c3)nc3c2sc2ccccc23)=C1. The summed E-state index contributed by atoms with van der Waals surface area (Å²) in [5.74, 6) is 2.60. The van der Waals surface area contributed by atoms with Crippen molar-refractivity contribution >= 4 is 37.2 Å². The van der Waals surface area contributed by atoms with E-state index in [0.717, 1.165) is 66.7 Å². The fourth-order valence-electron chi connectivity index (χ4n) is 6.27. The number of rotatable bonds is 6. The second-order valence-electron chi connectivity index (χ2n) is 12.1. The highest BCUT2D eigenvalue weighted by molar-refractivity contribution is 7.26. The largest absolute Gasteiger partial charge is 0.226 e. The molecule has 0 spiro atoms. The van der Waals surface area contributed by atoms with Gasteiger partial charge in [-0.05, 0) is 35.7 Å². The molecule has 8 aromatic rings. The molecule has 236 valence electrons. The molecule has 5 aromatic carbocycles. The lowest BCUT2D eigenvalue weighted by Gasteiger charge is -2.11. The molecule has 1 aliphatic carbocycles. The fourth-order valence-corrected chi connectivity index (χ4v) is 7.42. The van der Waals surface area contributed by atoms with E-state index in [4.69, 9.17) is 24.9 Å². The summed E-state index contributed by atoms with van der Waals surface area (Å²) in [5, 5.41) is 1.15. The van der Waals surface area contributed by atoms with Crippen LogP contribution in [0.1, 0.15) is 12.1 Å². The van der Waals surface area contributed by atoms with Crippen LogP contribution < -0.4 is 0 Å². The molecular weight excluding hydrogens is 631 g/mol. The predicted molar refractivity (Wildman–Crippen MR) is 206 cm³/mol. The molecule has 0 bridgehead atoms. The van der Waals surface area contributed by atoms with Crippen LogP contribution >= 0.6 is 11.3 Å². The van der Waals surface area contributed by atoms with Gasteiger partial charge in [-0.15, -0.1) is 11.3 Å². The van der Waals surface area contributed by atoms with E-state index < -0.39 is 0 Å². The van der Waals surface area contributed by atoms with Crippen molar-refractivity contribution in [2.75, 3.05) is 0 Å². The van der Waals surface area contributed by atoms with E-state index in [2.05, 4.69) is 103 Å². The summed E-state index contributed by atoms with van der Waals surface area (Å²) in [6.07, 6.45) is 11.7. The Labute approximate surface area is 293 Å². The Hall–Kier alpha value is -6.37. The van der Waals surface area contributed by atoms with Crippen molar-refractivity contribution in [1.29, 1.82) is 0 Å². The van der Waals surface area contributed by atoms with Crippen LogP contribution in [0.25, 0.3) is 82.6 Å². The Bertz CT molecular complexity index is 2560. The van der Waals surface area contributed by atoms with Crippen LogP contribution in [0.5, 0.6) is 0 Å². The smallest absolute Gasteiger partial charge is 0.164 e. The van der Waals surface area contributed by atoms with Gasteiger partial charge in [-0.3, -0.25) is 0 Å². The van der Waals surface area contributed by atoms with Crippen molar-refractivity contribution in [2.45, 2.75) is 6.42 Å². The molecule has 0 aliphatic heterocycles. The molecule has 0 saturated carbocycles. The fraction of sp³-hybridized carbons (Fsp3) is 0.0227. The molecule has 5 nitrogen and oxygen atoms in total. The van der Waals surface area contributed by atoms with Gasteiger partial charge in [0.1, 0.15) is 0 Å². The average Bonchev–Trinajstić information content (AvgIpc) is 3.35. The van der Waals surface area contributed by atoms with Crippen molar-refractivity contribution < 1.29 is 0 Å². The quantitative estimate of drug-likeness (QED) is 0.178. The molecule has 0 fully saturated rings. The third-order valence-corrected chi connectivity index (χ3v) is 9.92. The Balaban J connectivity index is 1.15. The molecule has 0 unspecified atom stereocenters. The number of thiophene rings is 1. The Morgan fingerprint density at radius 1 is 0.460 bits per heavy atom. The lowest BCUT2D eigenvalue weighted by atomic mass is 10.00. The number of nitrogens with zero attached hydrogens (tertiary/aromatic N) is 5. The molecule has 1 aliphatic rings. The predicted octanol–water partition coefficient (Wildman–Crippen LogP) is 11.3. The lowest BCUT2D eigenvalue weighted by Crippen LogP contribution is -2.00. The molecule has 6 heteroatoms. The van der Waals surface area contributed by atoms with Crippen molar-refractivity contribution in [3.63, 3.8) is 0 Å². The second kappa shape index (κ2) is 12.9. The van der Waals surface area contributed by atoms with Crippen molar-refractivity contribution in [3.8, 4) is 56.7 Å². The van der Waals surface area contributed by atoms with E-state index in [9.17, 15) is 0 Å². The van der Waals surface area contributed by atoms with Crippen LogP contribution in [0.2, 0.25) is 0 Å². The molecule has 50 heavy (non-hydrogen) atoms. The van der Waals surface area contributed by atoms with Gasteiger partial charge >= 0.3 is 0 Å². The summed E-state index contributed by atoms with van der Waals surface area (Å²) in [5.41, 5.74) is 8.89. The van der Waals surface area contributed by atoms with Crippen LogP contribution in [0.15, 0.2) is 164 Å². The van der Waals surface area contributed by atoms with Crippen LogP contribution in [0, 0.1) is 0 Å². The monoisotopic (exact) mass is 659 g/mol. The minimum Gasteiger partial charge on any atom is -0.226 e. The third-order valence-electron chi connectivity index (χ3n) is 8.75.